The van der Waals surface area contributed by atoms with Crippen LogP contribution in [0.3, 0.4) is 0 Å². The molecule has 3 heteroatoms. The largest absolute Gasteiger partial charge is 0.392 e. The Kier molecular flexibility index (Phi) is 4.35. The molecule has 0 spiro atoms. The van der Waals surface area contributed by atoms with E-state index in [2.05, 4.69) is 19.9 Å². The second-order valence-electron chi connectivity index (χ2n) is 5.67. The predicted octanol–water partition coefficient (Wildman–Crippen LogP) is 3.86. The summed E-state index contributed by atoms with van der Waals surface area (Å²) in [6, 6.07) is 4.12. The van der Waals surface area contributed by atoms with Gasteiger partial charge >= 0.3 is 0 Å². The van der Waals surface area contributed by atoms with Gasteiger partial charge < -0.3 is 5.11 Å². The van der Waals surface area contributed by atoms with E-state index in [1.807, 2.05) is 0 Å². The first-order valence-electron chi connectivity index (χ1n) is 6.75. The summed E-state index contributed by atoms with van der Waals surface area (Å²) in [4.78, 5) is 0. The summed E-state index contributed by atoms with van der Waals surface area (Å²) in [5, 5.41) is 10.3. The predicted molar refractivity (Wildman–Crippen MR) is 71.7 cm³/mol. The van der Waals surface area contributed by atoms with Crippen LogP contribution >= 0.6 is 0 Å². The lowest BCUT2D eigenvalue weighted by atomic mass is 9.79. The molecule has 1 nitrogen and oxygen atoms in total. The quantitative estimate of drug-likeness (QED) is 0.824. The molecule has 0 fully saturated rings. The molecule has 0 bridgehead atoms. The lowest BCUT2D eigenvalue weighted by Gasteiger charge is -2.29. The van der Waals surface area contributed by atoms with E-state index < -0.39 is 17.7 Å². The van der Waals surface area contributed by atoms with Gasteiger partial charge in [-0.3, -0.25) is 0 Å². The van der Waals surface area contributed by atoms with Crippen LogP contribution < -0.4 is 0 Å². The number of benzene rings is 1. The van der Waals surface area contributed by atoms with Crippen molar-refractivity contribution in [3.05, 3.63) is 47.0 Å². The number of aliphatic hydroxyl groups excluding tert-OH is 1. The Labute approximate surface area is 113 Å². The van der Waals surface area contributed by atoms with Crippen LogP contribution in [0.15, 0.2) is 29.8 Å². The van der Waals surface area contributed by atoms with E-state index in [-0.39, 0.29) is 17.9 Å². The fourth-order valence-corrected chi connectivity index (χ4v) is 2.99. The third-order valence-electron chi connectivity index (χ3n) is 3.83. The number of hydrogen-bond acceptors (Lipinski definition) is 1. The van der Waals surface area contributed by atoms with Crippen molar-refractivity contribution in [2.45, 2.75) is 39.2 Å². The van der Waals surface area contributed by atoms with Gasteiger partial charge in [0.2, 0.25) is 0 Å². The molecule has 1 N–H and O–H groups in total. The summed E-state index contributed by atoms with van der Waals surface area (Å²) in [5.41, 5.74) is 1.52. The van der Waals surface area contributed by atoms with Gasteiger partial charge in [0.25, 0.3) is 0 Å². The zero-order valence-electron chi connectivity index (χ0n) is 11.4. The average molecular weight is 266 g/mol. The molecule has 1 aliphatic carbocycles. The minimum Gasteiger partial charge on any atom is -0.392 e. The molecule has 3 unspecified atom stereocenters. The van der Waals surface area contributed by atoms with Crippen LogP contribution in [0.1, 0.15) is 32.3 Å². The summed E-state index contributed by atoms with van der Waals surface area (Å²) in [7, 11) is 0. The van der Waals surface area contributed by atoms with Crippen molar-refractivity contribution in [3.8, 4) is 0 Å². The number of rotatable bonds is 3. The average Bonchev–Trinajstić information content (AvgIpc) is 2.33. The summed E-state index contributed by atoms with van der Waals surface area (Å²) in [5.74, 6) is -1.12. The van der Waals surface area contributed by atoms with Crippen molar-refractivity contribution in [1.29, 1.82) is 0 Å². The summed E-state index contributed by atoms with van der Waals surface area (Å²) in [6.07, 6.45) is 3.50. The van der Waals surface area contributed by atoms with Gasteiger partial charge in [0.15, 0.2) is 11.6 Å². The van der Waals surface area contributed by atoms with Crippen LogP contribution in [-0.2, 0) is 6.42 Å². The van der Waals surface area contributed by atoms with E-state index in [0.29, 0.717) is 5.92 Å². The highest BCUT2D eigenvalue weighted by molar-refractivity contribution is 5.20. The number of hydrogen-bond donors (Lipinski definition) is 1. The van der Waals surface area contributed by atoms with E-state index >= 15 is 0 Å². The number of halogens is 2. The maximum atomic E-state index is 13.6. The van der Waals surface area contributed by atoms with Gasteiger partial charge in [0.05, 0.1) is 6.10 Å². The standard InChI is InChI=1S/C16H20F2O/c1-10-6-11(2)8-13(7-10)15(19)9-12-4-3-5-14(17)16(12)18/h3-6,10,13,15,19H,7-9H2,1-2H3. The fourth-order valence-electron chi connectivity index (χ4n) is 2.99. The number of aliphatic hydroxyl groups is 1. The molecule has 0 radical (unpaired) electrons. The first kappa shape index (κ1) is 14.2. The Bertz CT molecular complexity index is 482. The monoisotopic (exact) mass is 266 g/mol. The van der Waals surface area contributed by atoms with Crippen LogP contribution in [0, 0.1) is 23.5 Å². The van der Waals surface area contributed by atoms with Crippen LogP contribution in [0.2, 0.25) is 0 Å². The molecular weight excluding hydrogens is 246 g/mol. The summed E-state index contributed by atoms with van der Waals surface area (Å²) < 4.78 is 26.7. The van der Waals surface area contributed by atoms with E-state index in [4.69, 9.17) is 0 Å². The Hall–Kier alpha value is -1.22. The van der Waals surface area contributed by atoms with Gasteiger partial charge in [-0.05, 0) is 43.2 Å². The minimum absolute atomic E-state index is 0.127. The van der Waals surface area contributed by atoms with Gasteiger partial charge in [0.1, 0.15) is 0 Å². The molecule has 104 valence electrons. The Balaban J connectivity index is 2.07. The van der Waals surface area contributed by atoms with E-state index in [9.17, 15) is 13.9 Å². The van der Waals surface area contributed by atoms with Gasteiger partial charge in [-0.15, -0.1) is 0 Å². The first-order valence-corrected chi connectivity index (χ1v) is 6.75. The van der Waals surface area contributed by atoms with Crippen molar-refractivity contribution < 1.29 is 13.9 Å². The molecular formula is C16H20F2O. The van der Waals surface area contributed by atoms with Crippen molar-refractivity contribution in [3.63, 3.8) is 0 Å². The second kappa shape index (κ2) is 5.83. The van der Waals surface area contributed by atoms with Crippen LogP contribution in [0.4, 0.5) is 8.78 Å². The zero-order valence-corrected chi connectivity index (χ0v) is 11.4. The fraction of sp³-hybridized carbons (Fsp3) is 0.500. The van der Waals surface area contributed by atoms with Crippen molar-refractivity contribution in [2.75, 3.05) is 0 Å². The Morgan fingerprint density at radius 2 is 2.11 bits per heavy atom. The third-order valence-corrected chi connectivity index (χ3v) is 3.83. The molecule has 0 aromatic heterocycles. The normalized spacial score (nSPS) is 25.0. The molecule has 0 saturated carbocycles. The SMILES string of the molecule is CC1=CC(C)CC(C(O)Cc2cccc(F)c2F)C1. The van der Waals surface area contributed by atoms with Crippen molar-refractivity contribution in [2.24, 2.45) is 11.8 Å². The molecule has 3 atom stereocenters. The molecule has 1 aromatic carbocycles. The molecule has 19 heavy (non-hydrogen) atoms. The molecule has 0 amide bonds. The van der Waals surface area contributed by atoms with Gasteiger partial charge in [-0.1, -0.05) is 30.7 Å². The van der Waals surface area contributed by atoms with E-state index in [1.165, 1.54) is 17.7 Å². The zero-order chi connectivity index (χ0) is 14.0. The van der Waals surface area contributed by atoms with Gasteiger partial charge in [-0.2, -0.15) is 0 Å². The topological polar surface area (TPSA) is 20.2 Å². The maximum Gasteiger partial charge on any atom is 0.162 e. The third kappa shape index (κ3) is 3.41. The first-order chi connectivity index (χ1) is 8.97. The molecule has 0 saturated heterocycles. The molecule has 2 rings (SSSR count). The van der Waals surface area contributed by atoms with Crippen molar-refractivity contribution >= 4 is 0 Å². The highest BCUT2D eigenvalue weighted by Crippen LogP contribution is 2.31. The van der Waals surface area contributed by atoms with E-state index in [0.717, 1.165) is 18.9 Å². The van der Waals surface area contributed by atoms with Gasteiger partial charge in [-0.25, -0.2) is 8.78 Å². The highest BCUT2D eigenvalue weighted by Gasteiger charge is 2.26. The Morgan fingerprint density at radius 3 is 2.79 bits per heavy atom. The smallest absolute Gasteiger partial charge is 0.162 e. The van der Waals surface area contributed by atoms with E-state index in [1.54, 1.807) is 0 Å². The Morgan fingerprint density at radius 1 is 1.37 bits per heavy atom. The molecule has 0 heterocycles. The van der Waals surface area contributed by atoms with Crippen LogP contribution in [0.25, 0.3) is 0 Å². The van der Waals surface area contributed by atoms with Crippen molar-refractivity contribution in [1.82, 2.24) is 0 Å². The number of allylic oxidation sites excluding steroid dienone is 2. The molecule has 1 aliphatic rings. The van der Waals surface area contributed by atoms with Crippen LogP contribution in [-0.4, -0.2) is 11.2 Å². The lowest BCUT2D eigenvalue weighted by molar-refractivity contribution is 0.0922. The highest BCUT2D eigenvalue weighted by atomic mass is 19.2. The second-order valence-corrected chi connectivity index (χ2v) is 5.67. The van der Waals surface area contributed by atoms with Gasteiger partial charge in [0, 0.05) is 6.42 Å². The van der Waals surface area contributed by atoms with Crippen LogP contribution in [0.5, 0.6) is 0 Å². The minimum atomic E-state index is -0.849. The summed E-state index contributed by atoms with van der Waals surface area (Å²) in [6.45, 7) is 4.17. The summed E-state index contributed by atoms with van der Waals surface area (Å²) >= 11 is 0. The molecule has 0 aliphatic heterocycles. The molecule has 1 aromatic rings. The maximum absolute atomic E-state index is 13.6. The lowest BCUT2D eigenvalue weighted by Crippen LogP contribution is -2.27.